The molecule has 1 saturated carbocycles. The van der Waals surface area contributed by atoms with E-state index in [1.165, 1.54) is 0 Å². The van der Waals surface area contributed by atoms with Gasteiger partial charge in [0.15, 0.2) is 5.82 Å². The highest BCUT2D eigenvalue weighted by molar-refractivity contribution is 5.92. The standard InChI is InChI=1S/C20H30N4O3/c1-19(2,3)27-18(26)23-12-13-11-20(4)14(23)7-6-8-15(20)24(13)17(25)16-21-9-10-22(16)5/h9-10,13-15H,6-8,11-12H2,1-5H3/t13-,14+,15-,20+/m0/s1. The zero-order chi connectivity index (χ0) is 19.6. The molecule has 0 radical (unpaired) electrons. The first-order valence-electron chi connectivity index (χ1n) is 9.91. The van der Waals surface area contributed by atoms with Crippen molar-refractivity contribution >= 4 is 12.0 Å². The number of carbonyl (C=O) groups excluding carboxylic acids is 2. The van der Waals surface area contributed by atoms with Crippen molar-refractivity contribution in [3.05, 3.63) is 18.2 Å². The lowest BCUT2D eigenvalue weighted by Gasteiger charge is -2.49. The van der Waals surface area contributed by atoms with Crippen molar-refractivity contribution in [3.8, 4) is 0 Å². The van der Waals surface area contributed by atoms with Gasteiger partial charge >= 0.3 is 6.09 Å². The fourth-order valence-corrected chi connectivity index (χ4v) is 5.51. The summed E-state index contributed by atoms with van der Waals surface area (Å²) in [7, 11) is 1.85. The van der Waals surface area contributed by atoms with Crippen molar-refractivity contribution in [2.45, 2.75) is 77.1 Å². The number of rotatable bonds is 1. The minimum Gasteiger partial charge on any atom is -0.444 e. The maximum atomic E-state index is 13.3. The number of fused-ring (bicyclic) bond motifs is 1. The van der Waals surface area contributed by atoms with E-state index in [1.54, 1.807) is 17.0 Å². The SMILES string of the molecule is Cn1ccnc1C(=O)N1[C@@H]2CN(C(=O)OC(C)(C)C)[C@@H]3CCC[C@H]1[C@]3(C)C2. The van der Waals surface area contributed by atoms with Crippen LogP contribution in [0.5, 0.6) is 0 Å². The van der Waals surface area contributed by atoms with Crippen molar-refractivity contribution < 1.29 is 14.3 Å². The summed E-state index contributed by atoms with van der Waals surface area (Å²) in [5.41, 5.74) is -0.607. The molecule has 4 atom stereocenters. The number of aromatic nitrogens is 2. The van der Waals surface area contributed by atoms with Gasteiger partial charge in [0, 0.05) is 43.5 Å². The molecule has 27 heavy (non-hydrogen) atoms. The van der Waals surface area contributed by atoms with Gasteiger partial charge in [0.2, 0.25) is 0 Å². The third kappa shape index (κ3) is 2.82. The molecule has 1 aromatic rings. The molecule has 0 N–H and O–H groups in total. The molecular weight excluding hydrogens is 344 g/mol. The summed E-state index contributed by atoms with van der Waals surface area (Å²) in [6.45, 7) is 8.47. The second-order valence-corrected chi connectivity index (χ2v) is 9.53. The van der Waals surface area contributed by atoms with Gasteiger partial charge in [-0.15, -0.1) is 0 Å². The molecule has 7 heteroatoms. The predicted molar refractivity (Wildman–Crippen MR) is 100 cm³/mol. The molecule has 0 spiro atoms. The van der Waals surface area contributed by atoms with Crippen LogP contribution in [-0.4, -0.2) is 61.6 Å². The van der Waals surface area contributed by atoms with E-state index in [2.05, 4.69) is 11.9 Å². The summed E-state index contributed by atoms with van der Waals surface area (Å²) in [5.74, 6) is 0.449. The normalized spacial score (nSPS) is 32.6. The van der Waals surface area contributed by atoms with Crippen molar-refractivity contribution in [1.82, 2.24) is 19.4 Å². The van der Waals surface area contributed by atoms with E-state index in [-0.39, 0.29) is 35.5 Å². The largest absolute Gasteiger partial charge is 0.444 e. The molecule has 2 bridgehead atoms. The molecule has 4 rings (SSSR count). The molecule has 0 unspecified atom stereocenters. The Morgan fingerprint density at radius 2 is 1.96 bits per heavy atom. The lowest BCUT2D eigenvalue weighted by molar-refractivity contribution is -0.0247. The van der Waals surface area contributed by atoms with Crippen LogP contribution in [0.2, 0.25) is 0 Å². The highest BCUT2D eigenvalue weighted by Gasteiger charge is 2.62. The molecule has 2 amide bonds. The van der Waals surface area contributed by atoms with Gasteiger partial charge in [0.25, 0.3) is 5.91 Å². The van der Waals surface area contributed by atoms with E-state index < -0.39 is 5.60 Å². The second-order valence-electron chi connectivity index (χ2n) is 9.53. The van der Waals surface area contributed by atoms with Gasteiger partial charge in [-0.3, -0.25) is 4.79 Å². The number of aryl methyl sites for hydroxylation is 1. The number of likely N-dealkylation sites (tertiary alicyclic amines) is 2. The highest BCUT2D eigenvalue weighted by atomic mass is 16.6. The number of hydrogen-bond acceptors (Lipinski definition) is 4. The van der Waals surface area contributed by atoms with Crippen LogP contribution >= 0.6 is 0 Å². The molecular formula is C20H30N4O3. The first-order valence-corrected chi connectivity index (χ1v) is 9.91. The molecule has 0 aromatic carbocycles. The van der Waals surface area contributed by atoms with Gasteiger partial charge in [-0.05, 0) is 46.5 Å². The van der Waals surface area contributed by atoms with Gasteiger partial charge in [0.05, 0.1) is 6.04 Å². The van der Waals surface area contributed by atoms with Crippen molar-refractivity contribution in [3.63, 3.8) is 0 Å². The van der Waals surface area contributed by atoms with Crippen LogP contribution in [0.1, 0.15) is 64.0 Å². The highest BCUT2D eigenvalue weighted by Crippen LogP contribution is 2.54. The maximum Gasteiger partial charge on any atom is 0.410 e. The minimum absolute atomic E-state index is 0.0195. The average Bonchev–Trinajstić information content (AvgIpc) is 3.10. The number of carbonyl (C=O) groups is 2. The molecule has 2 saturated heterocycles. The number of nitrogens with zero attached hydrogens (tertiary/aromatic N) is 4. The van der Waals surface area contributed by atoms with E-state index in [9.17, 15) is 9.59 Å². The quantitative estimate of drug-likeness (QED) is 0.758. The second kappa shape index (κ2) is 5.97. The zero-order valence-electron chi connectivity index (χ0n) is 16.9. The zero-order valence-corrected chi connectivity index (χ0v) is 16.9. The first kappa shape index (κ1) is 18.3. The number of amides is 2. The predicted octanol–water partition coefficient (Wildman–Crippen LogP) is 2.81. The summed E-state index contributed by atoms with van der Waals surface area (Å²) in [6.07, 6.45) is 7.13. The van der Waals surface area contributed by atoms with E-state index in [4.69, 9.17) is 4.74 Å². The Labute approximate surface area is 160 Å². The van der Waals surface area contributed by atoms with Gasteiger partial charge in [0.1, 0.15) is 5.60 Å². The summed E-state index contributed by atoms with van der Waals surface area (Å²) < 4.78 is 7.47. The van der Waals surface area contributed by atoms with Crippen LogP contribution in [0.3, 0.4) is 0 Å². The van der Waals surface area contributed by atoms with Crippen LogP contribution < -0.4 is 0 Å². The van der Waals surface area contributed by atoms with E-state index in [0.29, 0.717) is 12.4 Å². The van der Waals surface area contributed by atoms with Crippen LogP contribution in [0, 0.1) is 5.41 Å². The number of piperidine rings is 1. The Bertz CT molecular complexity index is 768. The van der Waals surface area contributed by atoms with E-state index in [1.807, 2.05) is 37.6 Å². The van der Waals surface area contributed by atoms with Crippen molar-refractivity contribution in [1.29, 1.82) is 0 Å². The summed E-state index contributed by atoms with van der Waals surface area (Å²) in [5, 5.41) is 0. The lowest BCUT2D eigenvalue weighted by Crippen LogP contribution is -2.58. The van der Waals surface area contributed by atoms with Gasteiger partial charge in [-0.25, -0.2) is 9.78 Å². The summed E-state index contributed by atoms with van der Waals surface area (Å²) in [6, 6.07) is 0.297. The maximum absolute atomic E-state index is 13.3. The van der Waals surface area contributed by atoms with Crippen LogP contribution in [0.25, 0.3) is 0 Å². The Kier molecular flexibility index (Phi) is 4.05. The van der Waals surface area contributed by atoms with Crippen LogP contribution in [0.4, 0.5) is 4.79 Å². The Balaban J connectivity index is 1.67. The lowest BCUT2D eigenvalue weighted by atomic mass is 9.66. The summed E-state index contributed by atoms with van der Waals surface area (Å²) >= 11 is 0. The third-order valence-electron chi connectivity index (χ3n) is 6.54. The van der Waals surface area contributed by atoms with Gasteiger partial charge in [-0.2, -0.15) is 0 Å². The topological polar surface area (TPSA) is 67.7 Å². The summed E-state index contributed by atoms with van der Waals surface area (Å²) in [4.78, 5) is 34.4. The monoisotopic (exact) mass is 374 g/mol. The number of hydrogen-bond donors (Lipinski definition) is 0. The molecule has 1 aromatic heterocycles. The Hall–Kier alpha value is -2.05. The Morgan fingerprint density at radius 1 is 1.26 bits per heavy atom. The third-order valence-corrected chi connectivity index (χ3v) is 6.54. The Morgan fingerprint density at radius 3 is 2.59 bits per heavy atom. The molecule has 3 heterocycles. The minimum atomic E-state index is -0.523. The molecule has 7 nitrogen and oxygen atoms in total. The fourth-order valence-electron chi connectivity index (χ4n) is 5.51. The van der Waals surface area contributed by atoms with Crippen LogP contribution in [-0.2, 0) is 11.8 Å². The van der Waals surface area contributed by atoms with Gasteiger partial charge in [-0.1, -0.05) is 6.92 Å². The smallest absolute Gasteiger partial charge is 0.410 e. The van der Waals surface area contributed by atoms with E-state index >= 15 is 0 Å². The fraction of sp³-hybridized carbons (Fsp3) is 0.750. The number of imidazole rings is 1. The molecule has 2 aliphatic heterocycles. The van der Waals surface area contributed by atoms with E-state index in [0.717, 1.165) is 25.7 Å². The molecule has 3 fully saturated rings. The van der Waals surface area contributed by atoms with Gasteiger partial charge < -0.3 is 19.1 Å². The first-order chi connectivity index (χ1) is 12.6. The molecule has 1 aliphatic carbocycles. The molecule has 3 aliphatic rings. The number of ether oxygens (including phenoxy) is 1. The van der Waals surface area contributed by atoms with Crippen LogP contribution in [0.15, 0.2) is 12.4 Å². The van der Waals surface area contributed by atoms with Crippen molar-refractivity contribution in [2.75, 3.05) is 6.54 Å². The van der Waals surface area contributed by atoms with Crippen molar-refractivity contribution in [2.24, 2.45) is 12.5 Å². The molecule has 148 valence electrons. The average molecular weight is 374 g/mol.